The minimum absolute atomic E-state index is 0.104. The summed E-state index contributed by atoms with van der Waals surface area (Å²) in [5.74, 6) is 0.910. The van der Waals surface area contributed by atoms with Gasteiger partial charge in [-0.2, -0.15) is 0 Å². The van der Waals surface area contributed by atoms with Crippen molar-refractivity contribution in [1.29, 1.82) is 0 Å². The molecule has 0 bridgehead atoms. The van der Waals surface area contributed by atoms with Crippen LogP contribution in [0.5, 0.6) is 0 Å². The summed E-state index contributed by atoms with van der Waals surface area (Å²) in [6.07, 6.45) is 2.17. The lowest BCUT2D eigenvalue weighted by Gasteiger charge is -2.38. The minimum atomic E-state index is 0.104. The molecule has 0 spiro atoms. The lowest BCUT2D eigenvalue weighted by atomic mass is 9.76. The molecule has 1 aliphatic heterocycles. The Morgan fingerprint density at radius 1 is 1.12 bits per heavy atom. The monoisotopic (exact) mass is 331 g/mol. The summed E-state index contributed by atoms with van der Waals surface area (Å²) in [6, 6.07) is 10.8. The summed E-state index contributed by atoms with van der Waals surface area (Å²) in [7, 11) is 0. The average Bonchev–Trinajstić information content (AvgIpc) is 2.60. The van der Waals surface area contributed by atoms with E-state index in [1.54, 1.807) is 0 Å². The van der Waals surface area contributed by atoms with Gasteiger partial charge in [-0.25, -0.2) is 0 Å². The zero-order chi connectivity index (χ0) is 17.5. The van der Waals surface area contributed by atoms with Crippen molar-refractivity contribution in [2.75, 3.05) is 32.8 Å². The molecule has 1 saturated heterocycles. The Bertz CT molecular complexity index is 519. The molecule has 0 aromatic heterocycles. The normalized spacial score (nSPS) is 17.2. The molecule has 4 nitrogen and oxygen atoms in total. The second-order valence-electron chi connectivity index (χ2n) is 7.21. The van der Waals surface area contributed by atoms with Gasteiger partial charge in [-0.05, 0) is 25.3 Å². The minimum Gasteiger partial charge on any atom is -0.380 e. The van der Waals surface area contributed by atoms with Crippen molar-refractivity contribution in [2.24, 2.45) is 10.4 Å². The average molecular weight is 332 g/mol. The van der Waals surface area contributed by atoms with E-state index in [0.717, 1.165) is 51.6 Å². The topological polar surface area (TPSA) is 45.7 Å². The lowest BCUT2D eigenvalue weighted by Crippen LogP contribution is -2.51. The zero-order valence-corrected chi connectivity index (χ0v) is 15.7. The van der Waals surface area contributed by atoms with Gasteiger partial charge < -0.3 is 15.4 Å². The maximum atomic E-state index is 5.34. The smallest absolute Gasteiger partial charge is 0.191 e. The second-order valence-corrected chi connectivity index (χ2v) is 7.21. The van der Waals surface area contributed by atoms with E-state index < -0.39 is 0 Å². The van der Waals surface area contributed by atoms with Crippen molar-refractivity contribution < 1.29 is 4.74 Å². The van der Waals surface area contributed by atoms with Crippen molar-refractivity contribution >= 4 is 5.96 Å². The maximum Gasteiger partial charge on any atom is 0.191 e. The summed E-state index contributed by atoms with van der Waals surface area (Å²) < 4.78 is 5.34. The van der Waals surface area contributed by atoms with Crippen molar-refractivity contribution in [2.45, 2.75) is 46.0 Å². The Balaban J connectivity index is 2.08. The van der Waals surface area contributed by atoms with Crippen LogP contribution in [0.3, 0.4) is 0 Å². The lowest BCUT2D eigenvalue weighted by molar-refractivity contribution is -0.0971. The van der Waals surface area contributed by atoms with Crippen LogP contribution in [0.4, 0.5) is 0 Å². The molecule has 1 heterocycles. The van der Waals surface area contributed by atoms with Crippen LogP contribution in [0.2, 0.25) is 0 Å². The SMILES string of the molecule is CCNC(=NCC(CC)(CC)c1ccccc1)NCC1(C)COC1. The number of hydrogen-bond donors (Lipinski definition) is 2. The zero-order valence-electron chi connectivity index (χ0n) is 15.7. The molecule has 2 rings (SSSR count). The van der Waals surface area contributed by atoms with Gasteiger partial charge in [-0.3, -0.25) is 4.99 Å². The fourth-order valence-electron chi connectivity index (χ4n) is 3.19. The van der Waals surface area contributed by atoms with Crippen molar-refractivity contribution in [3.63, 3.8) is 0 Å². The van der Waals surface area contributed by atoms with Crippen LogP contribution < -0.4 is 10.6 Å². The van der Waals surface area contributed by atoms with E-state index in [-0.39, 0.29) is 10.8 Å². The first-order valence-electron chi connectivity index (χ1n) is 9.23. The van der Waals surface area contributed by atoms with Crippen molar-refractivity contribution in [1.82, 2.24) is 10.6 Å². The quantitative estimate of drug-likeness (QED) is 0.567. The van der Waals surface area contributed by atoms with Gasteiger partial charge in [-0.15, -0.1) is 0 Å². The first kappa shape index (κ1) is 18.8. The number of nitrogens with zero attached hydrogens (tertiary/aromatic N) is 1. The molecule has 0 atom stereocenters. The molecule has 0 radical (unpaired) electrons. The standard InChI is InChI=1S/C20H33N3O/c1-5-20(6-2,17-11-9-8-10-12-17)14-23-18(21-7-3)22-13-19(4)15-24-16-19/h8-12H,5-7,13-16H2,1-4H3,(H2,21,22,23). The number of aliphatic imine (C=N–C) groups is 1. The Morgan fingerprint density at radius 2 is 1.79 bits per heavy atom. The van der Waals surface area contributed by atoms with Gasteiger partial charge in [-0.1, -0.05) is 51.1 Å². The van der Waals surface area contributed by atoms with Crippen molar-refractivity contribution in [3.05, 3.63) is 35.9 Å². The molecule has 0 saturated carbocycles. The van der Waals surface area contributed by atoms with E-state index in [2.05, 4.69) is 68.7 Å². The van der Waals surface area contributed by atoms with Crippen LogP contribution in [0.1, 0.15) is 46.1 Å². The third kappa shape index (κ3) is 4.50. The number of benzene rings is 1. The largest absolute Gasteiger partial charge is 0.380 e. The van der Waals surface area contributed by atoms with Crippen LogP contribution in [-0.2, 0) is 10.2 Å². The molecular formula is C20H33N3O. The Kier molecular flexibility index (Phi) is 6.67. The van der Waals surface area contributed by atoms with E-state index in [4.69, 9.17) is 9.73 Å². The van der Waals surface area contributed by atoms with E-state index in [0.29, 0.717) is 0 Å². The second kappa shape index (κ2) is 8.52. The Morgan fingerprint density at radius 3 is 2.29 bits per heavy atom. The van der Waals surface area contributed by atoms with Gasteiger partial charge >= 0.3 is 0 Å². The molecular weight excluding hydrogens is 298 g/mol. The van der Waals surface area contributed by atoms with E-state index in [1.807, 2.05) is 0 Å². The van der Waals surface area contributed by atoms with Gasteiger partial charge in [0.1, 0.15) is 0 Å². The molecule has 1 aromatic carbocycles. The molecule has 24 heavy (non-hydrogen) atoms. The Labute approximate surface area is 147 Å². The summed E-state index contributed by atoms with van der Waals surface area (Å²) in [5.41, 5.74) is 1.73. The maximum absolute atomic E-state index is 5.34. The first-order valence-corrected chi connectivity index (χ1v) is 9.23. The number of hydrogen-bond acceptors (Lipinski definition) is 2. The first-order chi connectivity index (χ1) is 11.6. The van der Waals surface area contributed by atoms with Crippen LogP contribution in [0.25, 0.3) is 0 Å². The fraction of sp³-hybridized carbons (Fsp3) is 0.650. The highest BCUT2D eigenvalue weighted by atomic mass is 16.5. The molecule has 134 valence electrons. The molecule has 0 unspecified atom stereocenters. The van der Waals surface area contributed by atoms with Gasteiger partial charge in [0.2, 0.25) is 0 Å². The molecule has 1 fully saturated rings. The van der Waals surface area contributed by atoms with Gasteiger partial charge in [0.25, 0.3) is 0 Å². The van der Waals surface area contributed by atoms with Crippen LogP contribution in [0, 0.1) is 5.41 Å². The summed E-state index contributed by atoms with van der Waals surface area (Å²) >= 11 is 0. The molecule has 1 aliphatic rings. The van der Waals surface area contributed by atoms with E-state index >= 15 is 0 Å². The third-order valence-electron chi connectivity index (χ3n) is 5.21. The van der Waals surface area contributed by atoms with Gasteiger partial charge in [0, 0.05) is 23.9 Å². The van der Waals surface area contributed by atoms with Crippen LogP contribution >= 0.6 is 0 Å². The molecule has 0 amide bonds. The molecule has 4 heteroatoms. The summed E-state index contributed by atoms with van der Waals surface area (Å²) in [5, 5.41) is 6.87. The predicted octanol–water partition coefficient (Wildman–Crippen LogP) is 3.34. The number of guanidine groups is 1. The van der Waals surface area contributed by atoms with Crippen LogP contribution in [0.15, 0.2) is 35.3 Å². The molecule has 1 aromatic rings. The highest BCUT2D eigenvalue weighted by Crippen LogP contribution is 2.32. The number of rotatable bonds is 8. The fourth-order valence-corrected chi connectivity index (χ4v) is 3.19. The highest BCUT2D eigenvalue weighted by Gasteiger charge is 2.33. The van der Waals surface area contributed by atoms with Gasteiger partial charge in [0.15, 0.2) is 5.96 Å². The predicted molar refractivity (Wildman–Crippen MR) is 102 cm³/mol. The number of ether oxygens (including phenoxy) is 1. The van der Waals surface area contributed by atoms with Gasteiger partial charge in [0.05, 0.1) is 19.8 Å². The number of nitrogens with one attached hydrogen (secondary N) is 2. The van der Waals surface area contributed by atoms with Crippen molar-refractivity contribution in [3.8, 4) is 0 Å². The van der Waals surface area contributed by atoms with Crippen LogP contribution in [-0.4, -0.2) is 38.8 Å². The molecule has 2 N–H and O–H groups in total. The highest BCUT2D eigenvalue weighted by molar-refractivity contribution is 5.79. The van der Waals surface area contributed by atoms with E-state index in [9.17, 15) is 0 Å². The Hall–Kier alpha value is -1.55. The third-order valence-corrected chi connectivity index (χ3v) is 5.21. The molecule has 0 aliphatic carbocycles. The summed E-state index contributed by atoms with van der Waals surface area (Å²) in [4.78, 5) is 4.92. The summed E-state index contributed by atoms with van der Waals surface area (Å²) in [6.45, 7) is 13.1. The van der Waals surface area contributed by atoms with E-state index in [1.165, 1.54) is 5.56 Å².